The number of ether oxygens (including phenoxy) is 1. The lowest BCUT2D eigenvalue weighted by Crippen LogP contribution is -2.13. The molecule has 0 saturated heterocycles. The summed E-state index contributed by atoms with van der Waals surface area (Å²) in [6.07, 6.45) is 0. The Kier molecular flexibility index (Phi) is 4.18. The van der Waals surface area contributed by atoms with Crippen molar-refractivity contribution >= 4 is 11.7 Å². The molecule has 0 heterocycles. The van der Waals surface area contributed by atoms with Gasteiger partial charge in [0, 0.05) is 5.69 Å². The van der Waals surface area contributed by atoms with Gasteiger partial charge in [-0.05, 0) is 30.2 Å². The first-order chi connectivity index (χ1) is 9.16. The molecule has 98 valence electrons. The second-order valence-corrected chi connectivity index (χ2v) is 4.48. The summed E-state index contributed by atoms with van der Waals surface area (Å²) >= 11 is 0. The Bertz CT molecular complexity index is 534. The molecule has 2 rings (SSSR count). The molecule has 1 atom stereocenters. The van der Waals surface area contributed by atoms with E-state index >= 15 is 0 Å². The van der Waals surface area contributed by atoms with E-state index in [1.165, 1.54) is 0 Å². The Labute approximate surface area is 113 Å². The Morgan fingerprint density at radius 3 is 2.37 bits per heavy atom. The molecule has 0 spiro atoms. The molecule has 19 heavy (non-hydrogen) atoms. The van der Waals surface area contributed by atoms with Crippen molar-refractivity contribution < 1.29 is 9.53 Å². The van der Waals surface area contributed by atoms with Crippen LogP contribution in [0.4, 0.5) is 5.69 Å². The number of nitrogens with two attached hydrogens (primary N) is 1. The summed E-state index contributed by atoms with van der Waals surface area (Å²) in [4.78, 5) is 11.9. The average Bonchev–Trinajstić information content (AvgIpc) is 2.46. The summed E-state index contributed by atoms with van der Waals surface area (Å²) in [6, 6.07) is 16.9. The van der Waals surface area contributed by atoms with Crippen LogP contribution < -0.4 is 5.73 Å². The van der Waals surface area contributed by atoms with Crippen molar-refractivity contribution in [3.63, 3.8) is 0 Å². The molecule has 0 amide bonds. The number of carbonyl (C=O) groups excluding carboxylic acids is 1. The van der Waals surface area contributed by atoms with Gasteiger partial charge in [-0.3, -0.25) is 4.79 Å². The van der Waals surface area contributed by atoms with Crippen LogP contribution in [0.3, 0.4) is 0 Å². The maximum atomic E-state index is 11.9. The topological polar surface area (TPSA) is 52.3 Å². The minimum Gasteiger partial charge on any atom is -0.460 e. The predicted octanol–water partition coefficient (Wildman–Crippen LogP) is 3.12. The Morgan fingerprint density at radius 2 is 1.74 bits per heavy atom. The molecule has 0 aliphatic heterocycles. The molecular formula is C16H17NO2. The third-order valence-corrected chi connectivity index (χ3v) is 3.01. The summed E-state index contributed by atoms with van der Waals surface area (Å²) in [7, 11) is 0. The van der Waals surface area contributed by atoms with E-state index in [9.17, 15) is 4.79 Å². The Hall–Kier alpha value is -2.29. The van der Waals surface area contributed by atoms with Crippen molar-refractivity contribution in [1.82, 2.24) is 0 Å². The first-order valence-electron chi connectivity index (χ1n) is 6.23. The summed E-state index contributed by atoms with van der Waals surface area (Å²) in [5, 5.41) is 0. The van der Waals surface area contributed by atoms with E-state index in [4.69, 9.17) is 10.5 Å². The van der Waals surface area contributed by atoms with Gasteiger partial charge >= 0.3 is 5.97 Å². The quantitative estimate of drug-likeness (QED) is 0.674. The summed E-state index contributed by atoms with van der Waals surface area (Å²) in [5.41, 5.74) is 8.21. The number of nitrogen functional groups attached to an aromatic ring is 1. The fourth-order valence-corrected chi connectivity index (χ4v) is 1.77. The fourth-order valence-electron chi connectivity index (χ4n) is 1.77. The zero-order valence-electron chi connectivity index (χ0n) is 10.9. The lowest BCUT2D eigenvalue weighted by atomic mass is 10.0. The fraction of sp³-hybridized carbons (Fsp3) is 0.188. The van der Waals surface area contributed by atoms with E-state index in [2.05, 4.69) is 0 Å². The second kappa shape index (κ2) is 6.05. The largest absolute Gasteiger partial charge is 0.460 e. The number of hydrogen-bond acceptors (Lipinski definition) is 3. The molecule has 0 unspecified atom stereocenters. The Morgan fingerprint density at radius 1 is 1.11 bits per heavy atom. The maximum absolute atomic E-state index is 11.9. The highest BCUT2D eigenvalue weighted by atomic mass is 16.5. The molecule has 0 fully saturated rings. The van der Waals surface area contributed by atoms with Gasteiger partial charge in [0.25, 0.3) is 0 Å². The van der Waals surface area contributed by atoms with Crippen molar-refractivity contribution in [2.24, 2.45) is 0 Å². The molecular weight excluding hydrogens is 238 g/mol. The van der Waals surface area contributed by atoms with Crippen LogP contribution in [0.25, 0.3) is 0 Å². The molecule has 0 aliphatic carbocycles. The number of hydrogen-bond donors (Lipinski definition) is 1. The minimum absolute atomic E-state index is 0.228. The van der Waals surface area contributed by atoms with E-state index in [0.717, 1.165) is 11.1 Å². The summed E-state index contributed by atoms with van der Waals surface area (Å²) < 4.78 is 5.30. The number of rotatable bonds is 4. The zero-order valence-corrected chi connectivity index (χ0v) is 10.9. The Balaban J connectivity index is 1.94. The van der Waals surface area contributed by atoms with Crippen LogP contribution >= 0.6 is 0 Å². The number of carbonyl (C=O) groups is 1. The molecule has 0 aromatic heterocycles. The highest BCUT2D eigenvalue weighted by Crippen LogP contribution is 2.18. The van der Waals surface area contributed by atoms with Crippen LogP contribution in [0, 0.1) is 0 Å². The molecule has 3 heteroatoms. The highest BCUT2D eigenvalue weighted by Gasteiger charge is 2.16. The monoisotopic (exact) mass is 255 g/mol. The van der Waals surface area contributed by atoms with E-state index in [1.807, 2.05) is 49.4 Å². The zero-order chi connectivity index (χ0) is 13.7. The van der Waals surface area contributed by atoms with Crippen molar-refractivity contribution in [3.05, 3.63) is 65.7 Å². The molecule has 2 aromatic rings. The van der Waals surface area contributed by atoms with Crippen molar-refractivity contribution in [2.75, 3.05) is 5.73 Å². The van der Waals surface area contributed by atoms with Crippen LogP contribution in [0.1, 0.15) is 24.0 Å². The lowest BCUT2D eigenvalue weighted by Gasteiger charge is -2.12. The van der Waals surface area contributed by atoms with Gasteiger partial charge in [0.2, 0.25) is 0 Å². The first kappa shape index (κ1) is 13.1. The van der Waals surface area contributed by atoms with Gasteiger partial charge in [0.1, 0.15) is 6.61 Å². The van der Waals surface area contributed by atoms with Crippen LogP contribution in [-0.4, -0.2) is 5.97 Å². The molecule has 0 radical (unpaired) electrons. The summed E-state index contributed by atoms with van der Waals surface area (Å²) in [6.45, 7) is 2.14. The van der Waals surface area contributed by atoms with Crippen LogP contribution in [0.15, 0.2) is 54.6 Å². The lowest BCUT2D eigenvalue weighted by molar-refractivity contribution is -0.146. The first-order valence-corrected chi connectivity index (χ1v) is 6.23. The maximum Gasteiger partial charge on any atom is 0.313 e. The van der Waals surface area contributed by atoms with Gasteiger partial charge in [-0.1, -0.05) is 42.5 Å². The van der Waals surface area contributed by atoms with E-state index in [0.29, 0.717) is 12.3 Å². The van der Waals surface area contributed by atoms with Crippen LogP contribution in [0.2, 0.25) is 0 Å². The van der Waals surface area contributed by atoms with Gasteiger partial charge in [-0.2, -0.15) is 0 Å². The average molecular weight is 255 g/mol. The van der Waals surface area contributed by atoms with Gasteiger partial charge in [0.15, 0.2) is 0 Å². The molecule has 0 saturated carbocycles. The minimum atomic E-state index is -0.288. The smallest absolute Gasteiger partial charge is 0.313 e. The normalized spacial score (nSPS) is 11.8. The molecule has 0 aliphatic rings. The summed E-state index contributed by atoms with van der Waals surface area (Å²) in [5.74, 6) is -0.516. The molecule has 3 nitrogen and oxygen atoms in total. The number of benzene rings is 2. The standard InChI is InChI=1S/C16H17NO2/c1-12(14-7-9-15(17)10-8-14)16(18)19-11-13-5-3-2-4-6-13/h2-10,12H,11,17H2,1H3/t12-/m0/s1. The van der Waals surface area contributed by atoms with Crippen LogP contribution in [0.5, 0.6) is 0 Å². The van der Waals surface area contributed by atoms with Gasteiger partial charge < -0.3 is 10.5 Å². The van der Waals surface area contributed by atoms with E-state index < -0.39 is 0 Å². The van der Waals surface area contributed by atoms with Crippen molar-refractivity contribution in [1.29, 1.82) is 0 Å². The van der Waals surface area contributed by atoms with Crippen LogP contribution in [-0.2, 0) is 16.1 Å². The SMILES string of the molecule is C[C@H](C(=O)OCc1ccccc1)c1ccc(N)cc1. The van der Waals surface area contributed by atoms with E-state index in [1.54, 1.807) is 12.1 Å². The third kappa shape index (κ3) is 3.58. The second-order valence-electron chi connectivity index (χ2n) is 4.48. The molecule has 0 bridgehead atoms. The predicted molar refractivity (Wildman–Crippen MR) is 75.5 cm³/mol. The van der Waals surface area contributed by atoms with E-state index in [-0.39, 0.29) is 11.9 Å². The van der Waals surface area contributed by atoms with Crippen molar-refractivity contribution in [3.8, 4) is 0 Å². The highest BCUT2D eigenvalue weighted by molar-refractivity contribution is 5.77. The number of esters is 1. The van der Waals surface area contributed by atoms with Gasteiger partial charge in [-0.25, -0.2) is 0 Å². The van der Waals surface area contributed by atoms with Gasteiger partial charge in [0.05, 0.1) is 5.92 Å². The molecule has 2 aromatic carbocycles. The van der Waals surface area contributed by atoms with Crippen molar-refractivity contribution in [2.45, 2.75) is 19.4 Å². The number of anilines is 1. The van der Waals surface area contributed by atoms with Gasteiger partial charge in [-0.15, -0.1) is 0 Å². The molecule has 2 N–H and O–H groups in total. The third-order valence-electron chi connectivity index (χ3n) is 3.01.